The Labute approximate surface area is 92.7 Å². The van der Waals surface area contributed by atoms with E-state index >= 15 is 0 Å². The molecule has 5 nitrogen and oxygen atoms in total. The summed E-state index contributed by atoms with van der Waals surface area (Å²) < 4.78 is 14.7. The zero-order valence-corrected chi connectivity index (χ0v) is 9.47. The predicted octanol–water partition coefficient (Wildman–Crippen LogP) is 1.32. The van der Waals surface area contributed by atoms with Crippen molar-refractivity contribution in [3.8, 4) is 5.75 Å². The number of aromatic nitrogens is 1. The van der Waals surface area contributed by atoms with E-state index in [9.17, 15) is 0 Å². The molecule has 1 fully saturated rings. The highest BCUT2D eigenvalue weighted by molar-refractivity contribution is 7.11. The molecule has 0 aliphatic carbocycles. The van der Waals surface area contributed by atoms with Crippen LogP contribution in [0.15, 0.2) is 0 Å². The van der Waals surface area contributed by atoms with Crippen LogP contribution in [0.25, 0.3) is 0 Å². The van der Waals surface area contributed by atoms with Crippen molar-refractivity contribution in [2.45, 2.75) is 18.9 Å². The first-order valence-corrected chi connectivity index (χ1v) is 5.73. The average molecular weight is 229 g/mol. The van der Waals surface area contributed by atoms with E-state index in [-0.39, 0.29) is 0 Å². The smallest absolute Gasteiger partial charge is 0.197 e. The number of nitrogens with one attached hydrogen (secondary N) is 1. The number of methoxy groups -OCH3 is 1. The number of anilines is 2. The summed E-state index contributed by atoms with van der Waals surface area (Å²) in [5, 5.41) is 4.13. The molecular weight excluding hydrogens is 214 g/mol. The Morgan fingerprint density at radius 2 is 2.60 bits per heavy atom. The van der Waals surface area contributed by atoms with Gasteiger partial charge in [-0.25, -0.2) is 0 Å². The Balaban J connectivity index is 1.92. The zero-order valence-electron chi connectivity index (χ0n) is 8.66. The van der Waals surface area contributed by atoms with Gasteiger partial charge in [-0.2, -0.15) is 4.37 Å². The molecule has 0 amide bonds. The van der Waals surface area contributed by atoms with Gasteiger partial charge in [-0.1, -0.05) is 0 Å². The van der Waals surface area contributed by atoms with Crippen LogP contribution in [0.3, 0.4) is 0 Å². The molecule has 1 saturated heterocycles. The molecule has 1 atom stereocenters. The van der Waals surface area contributed by atoms with E-state index < -0.39 is 0 Å². The first-order valence-electron chi connectivity index (χ1n) is 4.96. The van der Waals surface area contributed by atoms with Crippen molar-refractivity contribution in [1.82, 2.24) is 4.37 Å². The third-order valence-electron chi connectivity index (χ3n) is 2.39. The van der Waals surface area contributed by atoms with Gasteiger partial charge in [-0.05, 0) is 24.4 Å². The number of rotatable bonds is 4. The Hall–Kier alpha value is -1.01. The Morgan fingerprint density at radius 3 is 3.27 bits per heavy atom. The number of hydrogen-bond donors (Lipinski definition) is 2. The second-order valence-electron chi connectivity index (χ2n) is 3.45. The second kappa shape index (κ2) is 4.67. The van der Waals surface area contributed by atoms with Gasteiger partial charge in [0.15, 0.2) is 16.6 Å². The molecule has 1 aliphatic rings. The summed E-state index contributed by atoms with van der Waals surface area (Å²) in [4.78, 5) is 0. The van der Waals surface area contributed by atoms with Gasteiger partial charge in [-0.3, -0.25) is 0 Å². The van der Waals surface area contributed by atoms with Gasteiger partial charge in [0, 0.05) is 13.2 Å². The number of nitrogens with zero attached hydrogens (tertiary/aromatic N) is 1. The maximum Gasteiger partial charge on any atom is 0.197 e. The minimum absolute atomic E-state index is 0.304. The van der Waals surface area contributed by atoms with Crippen molar-refractivity contribution in [2.24, 2.45) is 0 Å². The van der Waals surface area contributed by atoms with Gasteiger partial charge in [0.2, 0.25) is 0 Å². The van der Waals surface area contributed by atoms with E-state index in [1.54, 1.807) is 7.11 Å². The fraction of sp³-hybridized carbons (Fsp3) is 0.667. The highest BCUT2D eigenvalue weighted by atomic mass is 32.1. The number of nitrogens with two attached hydrogens (primary N) is 1. The topological polar surface area (TPSA) is 69.4 Å². The van der Waals surface area contributed by atoms with Crippen LogP contribution in [0.2, 0.25) is 0 Å². The van der Waals surface area contributed by atoms with Crippen LogP contribution in [0.5, 0.6) is 5.75 Å². The van der Waals surface area contributed by atoms with Gasteiger partial charge in [0.25, 0.3) is 0 Å². The van der Waals surface area contributed by atoms with Gasteiger partial charge < -0.3 is 20.5 Å². The SMILES string of the molecule is COc1c(N)nsc1NCC1CCCO1. The van der Waals surface area contributed by atoms with Crippen molar-refractivity contribution >= 4 is 22.4 Å². The lowest BCUT2D eigenvalue weighted by Gasteiger charge is -2.10. The quantitative estimate of drug-likeness (QED) is 0.815. The third kappa shape index (κ3) is 2.32. The first-order chi connectivity index (χ1) is 7.31. The van der Waals surface area contributed by atoms with Crippen LogP contribution in [0.1, 0.15) is 12.8 Å². The molecule has 0 radical (unpaired) electrons. The maximum atomic E-state index is 5.64. The summed E-state index contributed by atoms with van der Waals surface area (Å²) in [6.45, 7) is 1.66. The molecule has 0 saturated carbocycles. The Kier molecular flexibility index (Phi) is 3.27. The van der Waals surface area contributed by atoms with Crippen LogP contribution in [-0.2, 0) is 4.74 Å². The number of nitrogen functional groups attached to an aromatic ring is 1. The van der Waals surface area contributed by atoms with Gasteiger partial charge in [0.1, 0.15) is 0 Å². The van der Waals surface area contributed by atoms with Crippen molar-refractivity contribution in [1.29, 1.82) is 0 Å². The number of ether oxygens (including phenoxy) is 2. The van der Waals surface area contributed by atoms with Gasteiger partial charge >= 0.3 is 0 Å². The molecule has 2 heterocycles. The highest BCUT2D eigenvalue weighted by Crippen LogP contribution is 2.34. The molecule has 1 aliphatic heterocycles. The van der Waals surface area contributed by atoms with Crippen molar-refractivity contribution < 1.29 is 9.47 Å². The molecule has 15 heavy (non-hydrogen) atoms. The van der Waals surface area contributed by atoms with E-state index in [0.717, 1.165) is 31.0 Å². The monoisotopic (exact) mass is 229 g/mol. The molecular formula is C9H15N3O2S. The molecule has 1 unspecified atom stereocenters. The molecule has 1 aromatic heterocycles. The number of hydrogen-bond acceptors (Lipinski definition) is 6. The molecule has 0 bridgehead atoms. The van der Waals surface area contributed by atoms with Crippen molar-refractivity contribution in [3.05, 3.63) is 0 Å². The van der Waals surface area contributed by atoms with Crippen molar-refractivity contribution in [2.75, 3.05) is 31.3 Å². The fourth-order valence-electron chi connectivity index (χ4n) is 1.62. The summed E-state index contributed by atoms with van der Waals surface area (Å²) in [5.74, 6) is 1.08. The van der Waals surface area contributed by atoms with Crippen LogP contribution in [0.4, 0.5) is 10.8 Å². The van der Waals surface area contributed by atoms with Crippen LogP contribution >= 0.6 is 11.5 Å². The van der Waals surface area contributed by atoms with Gasteiger partial charge in [0.05, 0.1) is 13.2 Å². The van der Waals surface area contributed by atoms with Gasteiger partial charge in [-0.15, -0.1) is 0 Å². The zero-order chi connectivity index (χ0) is 10.7. The van der Waals surface area contributed by atoms with E-state index in [1.807, 2.05) is 0 Å². The third-order valence-corrected chi connectivity index (χ3v) is 3.19. The molecule has 84 valence electrons. The molecule has 1 aromatic rings. The summed E-state index contributed by atoms with van der Waals surface area (Å²) in [5.41, 5.74) is 5.64. The molecule has 2 rings (SSSR count). The molecule has 6 heteroatoms. The second-order valence-corrected chi connectivity index (χ2v) is 4.22. The van der Waals surface area contributed by atoms with E-state index in [2.05, 4.69) is 9.69 Å². The van der Waals surface area contributed by atoms with Crippen LogP contribution in [0, 0.1) is 0 Å². The lowest BCUT2D eigenvalue weighted by atomic mass is 10.2. The van der Waals surface area contributed by atoms with Crippen LogP contribution in [-0.4, -0.2) is 30.7 Å². The highest BCUT2D eigenvalue weighted by Gasteiger charge is 2.17. The summed E-state index contributed by atoms with van der Waals surface area (Å²) in [7, 11) is 1.59. The predicted molar refractivity (Wildman–Crippen MR) is 60.5 cm³/mol. The molecule has 3 N–H and O–H groups in total. The van der Waals surface area contributed by atoms with E-state index in [1.165, 1.54) is 11.5 Å². The lowest BCUT2D eigenvalue weighted by molar-refractivity contribution is 0.120. The summed E-state index contributed by atoms with van der Waals surface area (Å²) >= 11 is 1.32. The molecule has 0 spiro atoms. The largest absolute Gasteiger partial charge is 0.490 e. The molecule has 0 aromatic carbocycles. The average Bonchev–Trinajstić information content (AvgIpc) is 2.84. The Morgan fingerprint density at radius 1 is 1.73 bits per heavy atom. The van der Waals surface area contributed by atoms with E-state index in [0.29, 0.717) is 17.7 Å². The first kappa shape index (κ1) is 10.5. The fourth-order valence-corrected chi connectivity index (χ4v) is 2.31. The van der Waals surface area contributed by atoms with Crippen molar-refractivity contribution in [3.63, 3.8) is 0 Å². The summed E-state index contributed by atoms with van der Waals surface area (Å²) in [6.07, 6.45) is 2.57. The lowest BCUT2D eigenvalue weighted by Crippen LogP contribution is -2.18. The van der Waals surface area contributed by atoms with Crippen LogP contribution < -0.4 is 15.8 Å². The standard InChI is InChI=1S/C9H15N3O2S/c1-13-7-8(10)12-15-9(7)11-5-6-3-2-4-14-6/h6,11H,2-5H2,1H3,(H2,10,12). The normalized spacial score (nSPS) is 20.5. The summed E-state index contributed by atoms with van der Waals surface area (Å²) in [6, 6.07) is 0. The minimum Gasteiger partial charge on any atom is -0.490 e. The minimum atomic E-state index is 0.304. The van der Waals surface area contributed by atoms with E-state index in [4.69, 9.17) is 15.2 Å². The Bertz CT molecular complexity index is 323. The maximum absolute atomic E-state index is 5.64.